The molecule has 1 N–H and O–H groups in total. The molecule has 1 fully saturated rings. The average Bonchev–Trinajstić information content (AvgIpc) is 2.01. The fraction of sp³-hybridized carbons (Fsp3) is 1.00. The first-order valence-corrected chi connectivity index (χ1v) is 5.29. The van der Waals surface area contributed by atoms with Crippen LogP contribution >= 0.6 is 0 Å². The van der Waals surface area contributed by atoms with Crippen molar-refractivity contribution in [3.8, 4) is 0 Å². The monoisotopic (exact) mass is 170 g/mol. The highest BCUT2D eigenvalue weighted by molar-refractivity contribution is 4.85. The van der Waals surface area contributed by atoms with Gasteiger partial charge in [-0.15, -0.1) is 0 Å². The minimum Gasteiger partial charge on any atom is -0.390 e. The molecule has 0 aromatic heterocycles. The van der Waals surface area contributed by atoms with Crippen LogP contribution in [0.5, 0.6) is 0 Å². The van der Waals surface area contributed by atoms with Gasteiger partial charge in [0.05, 0.1) is 5.60 Å². The van der Waals surface area contributed by atoms with Crippen LogP contribution in [-0.2, 0) is 0 Å². The van der Waals surface area contributed by atoms with Crippen molar-refractivity contribution in [3.63, 3.8) is 0 Å². The Morgan fingerprint density at radius 1 is 1.17 bits per heavy atom. The topological polar surface area (TPSA) is 20.2 Å². The average molecular weight is 170 g/mol. The van der Waals surface area contributed by atoms with Crippen LogP contribution in [0.3, 0.4) is 0 Å². The number of hydrogen-bond acceptors (Lipinski definition) is 1. The van der Waals surface area contributed by atoms with E-state index in [-0.39, 0.29) is 5.60 Å². The van der Waals surface area contributed by atoms with Crippen molar-refractivity contribution in [2.75, 3.05) is 0 Å². The molecule has 1 saturated carbocycles. The Balaban J connectivity index is 2.53. The molecule has 0 radical (unpaired) electrons. The van der Waals surface area contributed by atoms with E-state index in [2.05, 4.69) is 13.8 Å². The van der Waals surface area contributed by atoms with E-state index in [0.29, 0.717) is 0 Å². The van der Waals surface area contributed by atoms with Gasteiger partial charge in [-0.2, -0.15) is 0 Å². The molecule has 1 rings (SSSR count). The Kier molecular flexibility index (Phi) is 3.16. The molecule has 1 nitrogen and oxygen atoms in total. The van der Waals surface area contributed by atoms with Crippen molar-refractivity contribution < 1.29 is 5.11 Å². The minimum atomic E-state index is -0.375. The van der Waals surface area contributed by atoms with Crippen molar-refractivity contribution in [3.05, 3.63) is 0 Å². The van der Waals surface area contributed by atoms with E-state index in [4.69, 9.17) is 0 Å². The highest BCUT2D eigenvalue weighted by atomic mass is 16.3. The molecule has 2 unspecified atom stereocenters. The Bertz CT molecular complexity index is 126. The van der Waals surface area contributed by atoms with Gasteiger partial charge in [0.15, 0.2) is 0 Å². The van der Waals surface area contributed by atoms with E-state index in [9.17, 15) is 5.11 Å². The van der Waals surface area contributed by atoms with Crippen LogP contribution in [0.4, 0.5) is 0 Å². The van der Waals surface area contributed by atoms with Gasteiger partial charge in [0, 0.05) is 0 Å². The first kappa shape index (κ1) is 10.0. The predicted molar refractivity (Wildman–Crippen MR) is 52.0 cm³/mol. The van der Waals surface area contributed by atoms with Crippen molar-refractivity contribution in [1.82, 2.24) is 0 Å². The summed E-state index contributed by atoms with van der Waals surface area (Å²) < 4.78 is 0. The summed E-state index contributed by atoms with van der Waals surface area (Å²) in [5, 5.41) is 9.98. The first-order valence-electron chi connectivity index (χ1n) is 5.29. The Hall–Kier alpha value is -0.0400. The fourth-order valence-corrected chi connectivity index (χ4v) is 2.59. The summed E-state index contributed by atoms with van der Waals surface area (Å²) in [6, 6.07) is 0. The lowest BCUT2D eigenvalue weighted by Gasteiger charge is -2.38. The molecule has 0 saturated heterocycles. The Morgan fingerprint density at radius 2 is 1.58 bits per heavy atom. The predicted octanol–water partition coefficient (Wildman–Crippen LogP) is 2.97. The summed E-state index contributed by atoms with van der Waals surface area (Å²) in [4.78, 5) is 0. The molecular formula is C11H22O. The van der Waals surface area contributed by atoms with Gasteiger partial charge >= 0.3 is 0 Å². The third kappa shape index (κ3) is 2.48. The molecule has 0 aromatic carbocycles. The number of aliphatic hydroxyl groups is 1. The van der Waals surface area contributed by atoms with Crippen LogP contribution in [0, 0.1) is 11.8 Å². The smallest absolute Gasteiger partial charge is 0.0625 e. The summed E-state index contributed by atoms with van der Waals surface area (Å²) in [6.07, 6.45) is 5.82. The normalized spacial score (nSPS) is 43.0. The molecule has 2 atom stereocenters. The molecule has 1 heteroatoms. The highest BCUT2D eigenvalue weighted by Gasteiger charge is 2.33. The Labute approximate surface area is 76.2 Å². The molecule has 0 aliphatic heterocycles. The Morgan fingerprint density at radius 3 is 1.92 bits per heavy atom. The van der Waals surface area contributed by atoms with Gasteiger partial charge in [-0.05, 0) is 38.0 Å². The van der Waals surface area contributed by atoms with E-state index in [0.717, 1.165) is 24.7 Å². The van der Waals surface area contributed by atoms with Gasteiger partial charge < -0.3 is 5.11 Å². The van der Waals surface area contributed by atoms with Crippen LogP contribution < -0.4 is 0 Å². The van der Waals surface area contributed by atoms with E-state index < -0.39 is 0 Å². The van der Waals surface area contributed by atoms with Gasteiger partial charge in [-0.3, -0.25) is 0 Å². The maximum atomic E-state index is 9.98. The molecule has 72 valence electrons. The summed E-state index contributed by atoms with van der Waals surface area (Å²) in [5.74, 6) is 1.53. The van der Waals surface area contributed by atoms with Gasteiger partial charge in [-0.25, -0.2) is 0 Å². The van der Waals surface area contributed by atoms with Crippen molar-refractivity contribution in [1.29, 1.82) is 0 Å². The molecule has 12 heavy (non-hydrogen) atoms. The first-order chi connectivity index (χ1) is 5.57. The quantitative estimate of drug-likeness (QED) is 0.675. The summed E-state index contributed by atoms with van der Waals surface area (Å²) in [5.41, 5.74) is -0.375. The molecule has 0 aromatic rings. The third-order valence-electron chi connectivity index (χ3n) is 3.28. The lowest BCUT2D eigenvalue weighted by Crippen LogP contribution is -2.36. The minimum absolute atomic E-state index is 0.375. The number of hydrogen-bond donors (Lipinski definition) is 1. The molecule has 1 aliphatic carbocycles. The zero-order valence-electron chi connectivity index (χ0n) is 8.64. The van der Waals surface area contributed by atoms with Crippen LogP contribution in [0.15, 0.2) is 0 Å². The fourth-order valence-electron chi connectivity index (χ4n) is 2.59. The van der Waals surface area contributed by atoms with Crippen LogP contribution in [0.1, 0.15) is 52.9 Å². The van der Waals surface area contributed by atoms with E-state index >= 15 is 0 Å². The number of rotatable bonds is 2. The van der Waals surface area contributed by atoms with Crippen molar-refractivity contribution in [2.24, 2.45) is 11.8 Å². The van der Waals surface area contributed by atoms with Gasteiger partial charge in [0.2, 0.25) is 0 Å². The summed E-state index contributed by atoms with van der Waals surface area (Å²) >= 11 is 0. The largest absolute Gasteiger partial charge is 0.390 e. The molecular weight excluding hydrogens is 148 g/mol. The third-order valence-corrected chi connectivity index (χ3v) is 3.28. The maximum Gasteiger partial charge on any atom is 0.0625 e. The van der Waals surface area contributed by atoms with Gasteiger partial charge in [-0.1, -0.05) is 26.7 Å². The van der Waals surface area contributed by atoms with E-state index in [1.807, 2.05) is 6.92 Å². The second-order valence-corrected chi connectivity index (χ2v) is 4.69. The van der Waals surface area contributed by atoms with E-state index in [1.165, 1.54) is 19.3 Å². The van der Waals surface area contributed by atoms with Gasteiger partial charge in [0.25, 0.3) is 0 Å². The van der Waals surface area contributed by atoms with E-state index in [1.54, 1.807) is 0 Å². The second kappa shape index (κ2) is 3.78. The maximum absolute atomic E-state index is 9.98. The molecule has 1 aliphatic rings. The van der Waals surface area contributed by atoms with Crippen LogP contribution in [0.25, 0.3) is 0 Å². The zero-order chi connectivity index (χ0) is 9.19. The highest BCUT2D eigenvalue weighted by Crippen LogP contribution is 2.38. The van der Waals surface area contributed by atoms with Crippen LogP contribution in [-0.4, -0.2) is 10.7 Å². The SMILES string of the molecule is CCC1CC(CC)CC(C)(O)C1. The molecule has 0 heterocycles. The standard InChI is InChI=1S/C11H22O/c1-4-9-6-10(5-2)8-11(3,12)7-9/h9-10,12H,4-8H2,1-3H3. The molecule has 0 spiro atoms. The lowest BCUT2D eigenvalue weighted by molar-refractivity contribution is -0.0232. The van der Waals surface area contributed by atoms with Crippen molar-refractivity contribution >= 4 is 0 Å². The van der Waals surface area contributed by atoms with Gasteiger partial charge in [0.1, 0.15) is 0 Å². The van der Waals surface area contributed by atoms with Crippen LogP contribution in [0.2, 0.25) is 0 Å². The lowest BCUT2D eigenvalue weighted by atomic mass is 9.71. The zero-order valence-corrected chi connectivity index (χ0v) is 8.64. The summed E-state index contributed by atoms with van der Waals surface area (Å²) in [7, 11) is 0. The van der Waals surface area contributed by atoms with Crippen molar-refractivity contribution in [2.45, 2.75) is 58.5 Å². The molecule has 0 bridgehead atoms. The summed E-state index contributed by atoms with van der Waals surface area (Å²) in [6.45, 7) is 6.47. The molecule has 0 amide bonds. The second-order valence-electron chi connectivity index (χ2n) is 4.69.